The van der Waals surface area contributed by atoms with Crippen molar-refractivity contribution in [2.45, 2.75) is 18.9 Å². The summed E-state index contributed by atoms with van der Waals surface area (Å²) >= 11 is 0. The Morgan fingerprint density at radius 3 is 3.05 bits per heavy atom. The number of oxime groups is 1. The van der Waals surface area contributed by atoms with Crippen molar-refractivity contribution < 1.29 is 10.0 Å². The molecule has 112 valence electrons. The topological polar surface area (TPSA) is 96.7 Å². The summed E-state index contributed by atoms with van der Waals surface area (Å²) in [4.78, 5) is 19.0. The zero-order valence-corrected chi connectivity index (χ0v) is 11.8. The normalized spacial score (nSPS) is 20.4. The predicted molar refractivity (Wildman–Crippen MR) is 79.1 cm³/mol. The minimum absolute atomic E-state index is 0.0206. The van der Waals surface area contributed by atoms with E-state index in [0.29, 0.717) is 17.8 Å². The molecule has 0 radical (unpaired) electrons. The van der Waals surface area contributed by atoms with Crippen LogP contribution in [-0.4, -0.2) is 37.9 Å². The SMILES string of the molecule is N/C(=N\O)c1ncn2c1[C@@H]1CCCN1C(=O)c1ccccc1-2. The number of fused-ring (bicyclic) bond motifs is 5. The Labute approximate surface area is 126 Å². The molecule has 0 spiro atoms. The number of hydrogen-bond acceptors (Lipinski definition) is 4. The minimum atomic E-state index is -0.0994. The molecule has 7 nitrogen and oxygen atoms in total. The van der Waals surface area contributed by atoms with Crippen molar-refractivity contribution >= 4 is 11.7 Å². The van der Waals surface area contributed by atoms with Gasteiger partial charge < -0.3 is 15.8 Å². The first-order valence-corrected chi connectivity index (χ1v) is 7.18. The van der Waals surface area contributed by atoms with E-state index >= 15 is 0 Å². The third-order valence-electron chi connectivity index (χ3n) is 4.38. The van der Waals surface area contributed by atoms with E-state index in [4.69, 9.17) is 10.9 Å². The zero-order chi connectivity index (χ0) is 15.3. The van der Waals surface area contributed by atoms with E-state index in [2.05, 4.69) is 10.1 Å². The lowest BCUT2D eigenvalue weighted by Crippen LogP contribution is -2.30. The van der Waals surface area contributed by atoms with Crippen LogP contribution in [0.5, 0.6) is 0 Å². The van der Waals surface area contributed by atoms with E-state index in [1.165, 1.54) is 0 Å². The number of benzene rings is 1. The molecule has 1 atom stereocenters. The Hall–Kier alpha value is -2.83. The molecule has 3 N–H and O–H groups in total. The van der Waals surface area contributed by atoms with Gasteiger partial charge in [-0.1, -0.05) is 17.3 Å². The average Bonchev–Trinajstić information content (AvgIpc) is 3.17. The van der Waals surface area contributed by atoms with Gasteiger partial charge in [0.05, 0.1) is 23.0 Å². The van der Waals surface area contributed by atoms with Crippen molar-refractivity contribution in [3.63, 3.8) is 0 Å². The number of nitrogens with zero attached hydrogens (tertiary/aromatic N) is 4. The van der Waals surface area contributed by atoms with Crippen LogP contribution in [0, 0.1) is 0 Å². The summed E-state index contributed by atoms with van der Waals surface area (Å²) in [7, 11) is 0. The molecule has 0 saturated carbocycles. The van der Waals surface area contributed by atoms with E-state index in [-0.39, 0.29) is 17.8 Å². The first kappa shape index (κ1) is 12.9. The van der Waals surface area contributed by atoms with Crippen LogP contribution in [-0.2, 0) is 0 Å². The molecular formula is C15H15N5O2. The number of nitrogens with two attached hydrogens (primary N) is 1. The summed E-state index contributed by atoms with van der Waals surface area (Å²) in [5, 5.41) is 12.1. The molecule has 7 heteroatoms. The second kappa shape index (κ2) is 4.59. The maximum atomic E-state index is 12.8. The molecule has 4 rings (SSSR count). The molecule has 22 heavy (non-hydrogen) atoms. The number of carbonyl (C=O) groups is 1. The number of imidazole rings is 1. The molecule has 0 bridgehead atoms. The van der Waals surface area contributed by atoms with Gasteiger partial charge >= 0.3 is 0 Å². The van der Waals surface area contributed by atoms with Crippen LogP contribution in [0.25, 0.3) is 5.69 Å². The average molecular weight is 297 g/mol. The van der Waals surface area contributed by atoms with Gasteiger partial charge in [-0.05, 0) is 25.0 Å². The molecule has 1 amide bonds. The molecule has 0 unspecified atom stereocenters. The van der Waals surface area contributed by atoms with Crippen LogP contribution in [0.15, 0.2) is 35.7 Å². The fourth-order valence-corrected chi connectivity index (χ4v) is 3.43. The lowest BCUT2D eigenvalue weighted by Gasteiger charge is -2.22. The maximum Gasteiger partial charge on any atom is 0.256 e. The van der Waals surface area contributed by atoms with E-state index < -0.39 is 0 Å². The Morgan fingerprint density at radius 1 is 1.41 bits per heavy atom. The van der Waals surface area contributed by atoms with Gasteiger partial charge in [0.1, 0.15) is 12.0 Å². The number of aromatic nitrogens is 2. The lowest BCUT2D eigenvalue weighted by atomic mass is 10.1. The molecule has 0 aliphatic carbocycles. The van der Waals surface area contributed by atoms with Crippen molar-refractivity contribution in [2.75, 3.05) is 6.54 Å². The number of rotatable bonds is 1. The predicted octanol–water partition coefficient (Wildman–Crippen LogP) is 1.26. The largest absolute Gasteiger partial charge is 0.409 e. The summed E-state index contributed by atoms with van der Waals surface area (Å²) < 4.78 is 1.89. The quantitative estimate of drug-likeness (QED) is 0.358. The van der Waals surface area contributed by atoms with Crippen LogP contribution < -0.4 is 5.73 Å². The van der Waals surface area contributed by atoms with Gasteiger partial charge in [0, 0.05) is 6.54 Å². The molecule has 2 aliphatic rings. The highest BCUT2D eigenvalue weighted by atomic mass is 16.4. The van der Waals surface area contributed by atoms with Crippen molar-refractivity contribution in [3.8, 4) is 5.69 Å². The van der Waals surface area contributed by atoms with Gasteiger partial charge in [-0.25, -0.2) is 4.98 Å². The monoisotopic (exact) mass is 297 g/mol. The highest BCUT2D eigenvalue weighted by Crippen LogP contribution is 2.39. The molecule has 1 saturated heterocycles. The summed E-state index contributed by atoms with van der Waals surface area (Å²) in [6.45, 7) is 0.707. The Morgan fingerprint density at radius 2 is 2.23 bits per heavy atom. The van der Waals surface area contributed by atoms with E-state index in [9.17, 15) is 4.79 Å². The fourth-order valence-electron chi connectivity index (χ4n) is 3.43. The van der Waals surface area contributed by atoms with E-state index in [0.717, 1.165) is 24.2 Å². The van der Waals surface area contributed by atoms with Gasteiger partial charge in [0.25, 0.3) is 5.91 Å². The minimum Gasteiger partial charge on any atom is -0.409 e. The number of hydrogen-bond donors (Lipinski definition) is 2. The van der Waals surface area contributed by atoms with Gasteiger partial charge in [0.2, 0.25) is 0 Å². The lowest BCUT2D eigenvalue weighted by molar-refractivity contribution is 0.0738. The zero-order valence-electron chi connectivity index (χ0n) is 11.8. The summed E-state index contributed by atoms with van der Waals surface area (Å²) in [5.41, 5.74) is 8.45. The second-order valence-corrected chi connectivity index (χ2v) is 5.51. The summed E-state index contributed by atoms with van der Waals surface area (Å²) in [6.07, 6.45) is 3.41. The number of amidine groups is 1. The first-order valence-electron chi connectivity index (χ1n) is 7.18. The molecule has 1 fully saturated rings. The molecular weight excluding hydrogens is 282 g/mol. The van der Waals surface area contributed by atoms with Crippen LogP contribution in [0.2, 0.25) is 0 Å². The third-order valence-corrected chi connectivity index (χ3v) is 4.38. The fraction of sp³-hybridized carbons (Fsp3) is 0.267. The van der Waals surface area contributed by atoms with Gasteiger partial charge in [-0.3, -0.25) is 9.36 Å². The molecule has 3 heterocycles. The summed E-state index contributed by atoms with van der Waals surface area (Å²) in [6, 6.07) is 7.35. The third kappa shape index (κ3) is 1.59. The highest BCUT2D eigenvalue weighted by molar-refractivity contribution is 6.01. The molecule has 1 aromatic heterocycles. The van der Waals surface area contributed by atoms with Crippen LogP contribution in [0.1, 0.15) is 40.6 Å². The number of para-hydroxylation sites is 1. The van der Waals surface area contributed by atoms with Crippen molar-refractivity contribution in [3.05, 3.63) is 47.5 Å². The first-order chi connectivity index (χ1) is 10.7. The number of carbonyl (C=O) groups excluding carboxylic acids is 1. The Balaban J connectivity index is 2.04. The van der Waals surface area contributed by atoms with Crippen molar-refractivity contribution in [1.82, 2.24) is 14.5 Å². The number of amides is 1. The molecule has 1 aromatic carbocycles. The van der Waals surface area contributed by atoms with E-state index in [1.54, 1.807) is 6.33 Å². The summed E-state index contributed by atoms with van der Waals surface area (Å²) in [5.74, 6) is -0.0142. The van der Waals surface area contributed by atoms with Crippen LogP contribution in [0.4, 0.5) is 0 Å². The standard InChI is InChI=1S/C15H15N5O2/c16-14(18-22)12-13-11-6-3-7-19(11)15(21)9-4-1-2-5-10(9)20(13)8-17-12/h1-2,4-5,8,11,22H,3,6-7H2,(H2,16,18)/t11-/m0/s1. The molecule has 2 aromatic rings. The van der Waals surface area contributed by atoms with Crippen LogP contribution in [0.3, 0.4) is 0 Å². The molecule has 2 aliphatic heterocycles. The smallest absolute Gasteiger partial charge is 0.256 e. The highest BCUT2D eigenvalue weighted by Gasteiger charge is 2.39. The van der Waals surface area contributed by atoms with Gasteiger partial charge in [0.15, 0.2) is 5.84 Å². The maximum absolute atomic E-state index is 12.8. The van der Waals surface area contributed by atoms with Gasteiger partial charge in [-0.15, -0.1) is 0 Å². The Kier molecular flexibility index (Phi) is 2.69. The van der Waals surface area contributed by atoms with E-state index in [1.807, 2.05) is 33.7 Å². The van der Waals surface area contributed by atoms with Crippen LogP contribution >= 0.6 is 0 Å². The van der Waals surface area contributed by atoms with Crippen molar-refractivity contribution in [1.29, 1.82) is 0 Å². The Bertz CT molecular complexity index is 795. The second-order valence-electron chi connectivity index (χ2n) is 5.51. The van der Waals surface area contributed by atoms with Crippen molar-refractivity contribution in [2.24, 2.45) is 10.9 Å². The van der Waals surface area contributed by atoms with Gasteiger partial charge in [-0.2, -0.15) is 0 Å².